The summed E-state index contributed by atoms with van der Waals surface area (Å²) in [5.41, 5.74) is 3.77. The summed E-state index contributed by atoms with van der Waals surface area (Å²) < 4.78 is 20.2. The lowest BCUT2D eigenvalue weighted by Crippen LogP contribution is -2.28. The highest BCUT2D eigenvalue weighted by Crippen LogP contribution is 2.34. The first-order valence-electron chi connectivity index (χ1n) is 11.6. The minimum absolute atomic E-state index is 0.149. The van der Waals surface area contributed by atoms with Gasteiger partial charge in [-0.2, -0.15) is 0 Å². The summed E-state index contributed by atoms with van der Waals surface area (Å²) in [5, 5.41) is 5.28. The molecule has 1 aromatic carbocycles. The minimum Gasteiger partial charge on any atom is -0.456 e. The zero-order valence-electron chi connectivity index (χ0n) is 20.4. The fourth-order valence-electron chi connectivity index (χ4n) is 3.61. The zero-order chi connectivity index (χ0) is 25.8. The third-order valence-corrected chi connectivity index (χ3v) is 5.48. The number of hydrogen-bond acceptors (Lipinski definition) is 6. The summed E-state index contributed by atoms with van der Waals surface area (Å²) in [6, 6.07) is 9.69. The van der Waals surface area contributed by atoms with Crippen LogP contribution < -0.4 is 10.6 Å². The van der Waals surface area contributed by atoms with Crippen LogP contribution in [-0.2, 0) is 9.53 Å². The Balaban J connectivity index is 1.74. The van der Waals surface area contributed by atoms with Crippen LogP contribution >= 0.6 is 0 Å². The van der Waals surface area contributed by atoms with Crippen LogP contribution in [0.3, 0.4) is 0 Å². The number of imidazole rings is 1. The van der Waals surface area contributed by atoms with E-state index in [0.717, 1.165) is 11.1 Å². The summed E-state index contributed by atoms with van der Waals surface area (Å²) in [5.74, 6) is -0.792. The number of urea groups is 1. The van der Waals surface area contributed by atoms with E-state index < -0.39 is 18.0 Å². The molecule has 0 saturated heterocycles. The molecule has 186 valence electrons. The van der Waals surface area contributed by atoms with E-state index in [2.05, 4.69) is 30.6 Å². The molecular formula is C26H27FN6O3. The Hall–Kier alpha value is -4.34. The summed E-state index contributed by atoms with van der Waals surface area (Å²) in [6.45, 7) is 7.58. The largest absolute Gasteiger partial charge is 0.456 e. The average molecular weight is 491 g/mol. The Morgan fingerprint density at radius 1 is 1.11 bits per heavy atom. The van der Waals surface area contributed by atoms with E-state index in [1.807, 2.05) is 12.1 Å². The number of carbonyl (C=O) groups excluding carboxylic acids is 2. The van der Waals surface area contributed by atoms with E-state index >= 15 is 0 Å². The zero-order valence-corrected chi connectivity index (χ0v) is 20.4. The molecule has 0 radical (unpaired) electrons. The maximum Gasteiger partial charge on any atom is 0.321 e. The molecule has 0 spiro atoms. The van der Waals surface area contributed by atoms with Gasteiger partial charge in [0.25, 0.3) is 0 Å². The molecule has 0 aliphatic heterocycles. The Bertz CT molecular complexity index is 1400. The molecule has 36 heavy (non-hydrogen) atoms. The molecule has 0 aliphatic rings. The number of fused-ring (bicyclic) bond motifs is 1. The number of nitrogens with one attached hydrogen (secondary N) is 3. The van der Waals surface area contributed by atoms with Crippen LogP contribution in [0.5, 0.6) is 0 Å². The summed E-state index contributed by atoms with van der Waals surface area (Å²) in [6.07, 6.45) is 2.68. The van der Waals surface area contributed by atoms with Crippen LogP contribution in [0.25, 0.3) is 33.4 Å². The van der Waals surface area contributed by atoms with Gasteiger partial charge in [-0.15, -0.1) is 0 Å². The monoisotopic (exact) mass is 490 g/mol. The highest BCUT2D eigenvalue weighted by molar-refractivity contribution is 5.98. The number of aromatic nitrogens is 4. The molecule has 4 aromatic rings. The molecule has 0 saturated carbocycles. The number of halogens is 1. The molecular weight excluding hydrogens is 463 g/mol. The van der Waals surface area contributed by atoms with Gasteiger partial charge in [0.05, 0.1) is 22.6 Å². The highest BCUT2D eigenvalue weighted by Gasteiger charge is 2.18. The van der Waals surface area contributed by atoms with Gasteiger partial charge in [-0.25, -0.2) is 14.2 Å². The van der Waals surface area contributed by atoms with Crippen LogP contribution in [0.1, 0.15) is 39.5 Å². The van der Waals surface area contributed by atoms with Gasteiger partial charge in [0.15, 0.2) is 0 Å². The molecule has 1 unspecified atom stereocenters. The number of esters is 1. The predicted molar refractivity (Wildman–Crippen MR) is 135 cm³/mol. The van der Waals surface area contributed by atoms with E-state index in [1.165, 1.54) is 18.3 Å². The molecule has 0 bridgehead atoms. The first-order valence-corrected chi connectivity index (χ1v) is 11.6. The molecule has 3 heterocycles. The van der Waals surface area contributed by atoms with Crippen molar-refractivity contribution < 1.29 is 18.7 Å². The third kappa shape index (κ3) is 5.32. The minimum atomic E-state index is -0.496. The summed E-state index contributed by atoms with van der Waals surface area (Å²) >= 11 is 0. The van der Waals surface area contributed by atoms with Crippen molar-refractivity contribution in [1.82, 2.24) is 25.3 Å². The second-order valence-corrected chi connectivity index (χ2v) is 8.53. The van der Waals surface area contributed by atoms with Crippen LogP contribution in [0.15, 0.2) is 48.8 Å². The molecule has 10 heteroatoms. The molecule has 3 N–H and O–H groups in total. The first-order chi connectivity index (χ1) is 17.3. The quantitative estimate of drug-likeness (QED) is 0.305. The van der Waals surface area contributed by atoms with E-state index in [4.69, 9.17) is 4.74 Å². The summed E-state index contributed by atoms with van der Waals surface area (Å²) in [4.78, 5) is 40.1. The van der Waals surface area contributed by atoms with Gasteiger partial charge in [0.1, 0.15) is 17.6 Å². The SMILES string of the molecule is CCNC(=O)Nc1nc2cc(-c3ccc(C(C)OC(=O)C(C)C)nc3)cc(-c3ncccc3F)c2[nH]1. The lowest BCUT2D eigenvalue weighted by molar-refractivity contribution is -0.152. The van der Waals surface area contributed by atoms with Crippen molar-refractivity contribution in [2.24, 2.45) is 5.92 Å². The van der Waals surface area contributed by atoms with Crippen LogP contribution in [0.2, 0.25) is 0 Å². The highest BCUT2D eigenvalue weighted by atomic mass is 19.1. The van der Waals surface area contributed by atoms with E-state index in [9.17, 15) is 14.0 Å². The number of aromatic amines is 1. The van der Waals surface area contributed by atoms with Gasteiger partial charge in [0, 0.05) is 30.1 Å². The van der Waals surface area contributed by atoms with Crippen molar-refractivity contribution in [3.8, 4) is 22.4 Å². The van der Waals surface area contributed by atoms with Gasteiger partial charge in [-0.3, -0.25) is 20.1 Å². The molecule has 2 amide bonds. The number of amides is 2. The molecule has 0 aliphatic carbocycles. The number of ether oxygens (including phenoxy) is 1. The number of carbonyl (C=O) groups is 2. The van der Waals surface area contributed by atoms with Crippen molar-refractivity contribution in [3.63, 3.8) is 0 Å². The second kappa shape index (κ2) is 10.5. The Labute approximate surface area is 207 Å². The average Bonchev–Trinajstić information content (AvgIpc) is 3.26. The lowest BCUT2D eigenvalue weighted by Gasteiger charge is -2.15. The van der Waals surface area contributed by atoms with Crippen LogP contribution in [0, 0.1) is 11.7 Å². The molecule has 0 fully saturated rings. The number of H-pyrrole nitrogens is 1. The van der Waals surface area contributed by atoms with Gasteiger partial charge in [-0.1, -0.05) is 19.9 Å². The van der Waals surface area contributed by atoms with E-state index in [1.54, 1.807) is 46.0 Å². The number of hydrogen-bond donors (Lipinski definition) is 3. The fourth-order valence-corrected chi connectivity index (χ4v) is 3.61. The van der Waals surface area contributed by atoms with Gasteiger partial charge in [-0.05, 0) is 49.7 Å². The van der Waals surface area contributed by atoms with Gasteiger partial charge < -0.3 is 15.0 Å². The smallest absolute Gasteiger partial charge is 0.321 e. The molecule has 4 rings (SSSR count). The van der Waals surface area contributed by atoms with Crippen molar-refractivity contribution in [2.75, 3.05) is 11.9 Å². The number of pyridine rings is 2. The molecule has 1 atom stereocenters. The Morgan fingerprint density at radius 3 is 2.58 bits per heavy atom. The van der Waals surface area contributed by atoms with Gasteiger partial charge in [0.2, 0.25) is 5.95 Å². The Kier molecular flexibility index (Phi) is 7.23. The lowest BCUT2D eigenvalue weighted by atomic mass is 10.00. The number of anilines is 1. The third-order valence-electron chi connectivity index (χ3n) is 5.48. The maximum absolute atomic E-state index is 14.7. The van der Waals surface area contributed by atoms with Crippen molar-refractivity contribution in [1.29, 1.82) is 0 Å². The predicted octanol–water partition coefficient (Wildman–Crippen LogP) is 5.23. The molecule has 3 aromatic heterocycles. The number of nitrogens with zero attached hydrogens (tertiary/aromatic N) is 3. The second-order valence-electron chi connectivity index (χ2n) is 8.53. The topological polar surface area (TPSA) is 122 Å². The van der Waals surface area contributed by atoms with Crippen molar-refractivity contribution >= 4 is 29.0 Å². The van der Waals surface area contributed by atoms with Crippen LogP contribution in [0.4, 0.5) is 15.1 Å². The van der Waals surface area contributed by atoms with E-state index in [-0.39, 0.29) is 23.5 Å². The number of benzene rings is 1. The van der Waals surface area contributed by atoms with Crippen molar-refractivity contribution in [2.45, 2.75) is 33.8 Å². The first kappa shape index (κ1) is 24.8. The number of rotatable bonds is 7. The normalized spacial score (nSPS) is 11.9. The van der Waals surface area contributed by atoms with Crippen LogP contribution in [-0.4, -0.2) is 38.5 Å². The van der Waals surface area contributed by atoms with Gasteiger partial charge >= 0.3 is 12.0 Å². The fraction of sp³-hybridized carbons (Fsp3) is 0.269. The summed E-state index contributed by atoms with van der Waals surface area (Å²) in [7, 11) is 0. The Morgan fingerprint density at radius 2 is 1.92 bits per heavy atom. The maximum atomic E-state index is 14.7. The molecule has 9 nitrogen and oxygen atoms in total. The standard InChI is InChI=1S/C26H27FN6O3/c1-5-28-26(35)33-25-31-21-12-17(11-18(23(21)32-25)22-19(27)7-6-10-29-22)16-8-9-20(30-13-16)15(4)36-24(34)14(2)3/h6-15H,5H2,1-4H3,(H3,28,31,32,33,35). The van der Waals surface area contributed by atoms with Crippen molar-refractivity contribution in [3.05, 3.63) is 60.3 Å². The van der Waals surface area contributed by atoms with E-state index in [0.29, 0.717) is 28.8 Å².